The van der Waals surface area contributed by atoms with Crippen LogP contribution in [0.15, 0.2) is 24.5 Å². The molecule has 1 aromatic rings. The maximum atomic E-state index is 12.1. The molecular formula is C16H22N4O2. The Labute approximate surface area is 131 Å². The molecule has 2 atom stereocenters. The predicted octanol–water partition coefficient (Wildman–Crippen LogP) is 1.93. The van der Waals surface area contributed by atoms with Gasteiger partial charge in [0.15, 0.2) is 0 Å². The second kappa shape index (κ2) is 6.75. The molecule has 1 N–H and O–H groups in total. The molecule has 0 radical (unpaired) electrons. The van der Waals surface area contributed by atoms with Gasteiger partial charge in [-0.05, 0) is 32.4 Å². The quantitative estimate of drug-likeness (QED) is 0.923. The van der Waals surface area contributed by atoms with Gasteiger partial charge in [-0.2, -0.15) is 5.26 Å². The minimum Gasteiger partial charge on any atom is -0.444 e. The molecule has 0 unspecified atom stereocenters. The standard InChI is InChI=1S/C16H22N4O2/c1-16(2,3)22-15(21)20-10-13(7-17)14(11-20)19-9-12-5-4-6-18-8-12/h4-6,8,13-14,19H,9-11H2,1-3H3/t13-,14-/m1/s1. The van der Waals surface area contributed by atoms with E-state index in [0.717, 1.165) is 5.56 Å². The monoisotopic (exact) mass is 302 g/mol. The van der Waals surface area contributed by atoms with Crippen LogP contribution in [-0.4, -0.2) is 40.7 Å². The van der Waals surface area contributed by atoms with Crippen molar-refractivity contribution in [3.05, 3.63) is 30.1 Å². The fraction of sp³-hybridized carbons (Fsp3) is 0.562. The van der Waals surface area contributed by atoms with E-state index in [0.29, 0.717) is 19.6 Å². The van der Waals surface area contributed by atoms with Crippen LogP contribution in [0, 0.1) is 17.2 Å². The maximum absolute atomic E-state index is 12.1. The summed E-state index contributed by atoms with van der Waals surface area (Å²) in [6.45, 7) is 7.00. The topological polar surface area (TPSA) is 78.2 Å². The molecule has 6 nitrogen and oxygen atoms in total. The van der Waals surface area contributed by atoms with E-state index in [2.05, 4.69) is 16.4 Å². The van der Waals surface area contributed by atoms with Gasteiger partial charge in [-0.3, -0.25) is 4.98 Å². The first kappa shape index (κ1) is 16.2. The number of ether oxygens (including phenoxy) is 1. The first-order valence-electron chi connectivity index (χ1n) is 7.39. The number of hydrogen-bond donors (Lipinski definition) is 1. The minimum absolute atomic E-state index is 0.0577. The van der Waals surface area contributed by atoms with Crippen molar-refractivity contribution in [2.75, 3.05) is 13.1 Å². The van der Waals surface area contributed by atoms with Crippen molar-refractivity contribution in [2.24, 2.45) is 5.92 Å². The molecule has 0 aliphatic carbocycles. The fourth-order valence-electron chi connectivity index (χ4n) is 2.37. The third-order valence-corrected chi connectivity index (χ3v) is 3.43. The van der Waals surface area contributed by atoms with Gasteiger partial charge in [-0.15, -0.1) is 0 Å². The van der Waals surface area contributed by atoms with Gasteiger partial charge in [0.25, 0.3) is 0 Å². The lowest BCUT2D eigenvalue weighted by atomic mass is 10.1. The van der Waals surface area contributed by atoms with Gasteiger partial charge in [0.1, 0.15) is 5.60 Å². The third-order valence-electron chi connectivity index (χ3n) is 3.43. The number of amides is 1. The van der Waals surface area contributed by atoms with Crippen LogP contribution in [0.3, 0.4) is 0 Å². The van der Waals surface area contributed by atoms with Crippen LogP contribution in [0.4, 0.5) is 4.79 Å². The Morgan fingerprint density at radius 1 is 1.55 bits per heavy atom. The van der Waals surface area contributed by atoms with Crippen molar-refractivity contribution in [3.63, 3.8) is 0 Å². The SMILES string of the molecule is CC(C)(C)OC(=O)N1C[C@@H](C#N)[C@H](NCc2cccnc2)C1. The van der Waals surface area contributed by atoms with E-state index in [9.17, 15) is 10.1 Å². The van der Waals surface area contributed by atoms with Crippen LogP contribution >= 0.6 is 0 Å². The van der Waals surface area contributed by atoms with Gasteiger partial charge in [-0.25, -0.2) is 4.79 Å². The summed E-state index contributed by atoms with van der Waals surface area (Å²) in [6.07, 6.45) is 3.15. The van der Waals surface area contributed by atoms with Crippen LogP contribution in [-0.2, 0) is 11.3 Å². The van der Waals surface area contributed by atoms with Crippen molar-refractivity contribution in [2.45, 2.75) is 39.0 Å². The number of nitrogens with zero attached hydrogens (tertiary/aromatic N) is 3. The molecule has 6 heteroatoms. The zero-order valence-electron chi connectivity index (χ0n) is 13.2. The van der Waals surface area contributed by atoms with E-state index < -0.39 is 5.60 Å². The highest BCUT2D eigenvalue weighted by atomic mass is 16.6. The molecule has 118 valence electrons. The highest BCUT2D eigenvalue weighted by Gasteiger charge is 2.36. The summed E-state index contributed by atoms with van der Waals surface area (Å²) in [7, 11) is 0. The van der Waals surface area contributed by atoms with Crippen LogP contribution in [0.25, 0.3) is 0 Å². The normalized spacial score (nSPS) is 21.5. The molecule has 1 amide bonds. The third kappa shape index (κ3) is 4.43. The van der Waals surface area contributed by atoms with Gasteiger partial charge >= 0.3 is 6.09 Å². The maximum Gasteiger partial charge on any atom is 0.410 e. The Morgan fingerprint density at radius 2 is 2.32 bits per heavy atom. The molecule has 0 spiro atoms. The number of pyridine rings is 1. The van der Waals surface area contributed by atoms with Crippen molar-refractivity contribution in [1.82, 2.24) is 15.2 Å². The zero-order chi connectivity index (χ0) is 16.2. The fourth-order valence-corrected chi connectivity index (χ4v) is 2.37. The van der Waals surface area contributed by atoms with Crippen molar-refractivity contribution in [1.29, 1.82) is 5.26 Å². The molecule has 1 aromatic heterocycles. The van der Waals surface area contributed by atoms with Gasteiger partial charge in [0.2, 0.25) is 0 Å². The van der Waals surface area contributed by atoms with E-state index in [1.54, 1.807) is 17.3 Å². The Balaban J connectivity index is 1.92. The lowest BCUT2D eigenvalue weighted by molar-refractivity contribution is 0.0288. The van der Waals surface area contributed by atoms with Crippen LogP contribution in [0.2, 0.25) is 0 Å². The van der Waals surface area contributed by atoms with E-state index in [4.69, 9.17) is 4.74 Å². The molecule has 1 fully saturated rings. The molecule has 1 aliphatic heterocycles. The van der Waals surface area contributed by atoms with Crippen LogP contribution < -0.4 is 5.32 Å². The molecular weight excluding hydrogens is 280 g/mol. The van der Waals surface area contributed by atoms with Crippen molar-refractivity contribution >= 4 is 6.09 Å². The molecule has 0 saturated carbocycles. The number of nitrogens with one attached hydrogen (secondary N) is 1. The second-order valence-corrected chi connectivity index (χ2v) is 6.47. The average Bonchev–Trinajstić information content (AvgIpc) is 2.88. The number of nitriles is 1. The number of carbonyl (C=O) groups excluding carboxylic acids is 1. The van der Waals surface area contributed by atoms with Crippen molar-refractivity contribution in [3.8, 4) is 6.07 Å². The number of carbonyl (C=O) groups is 1. The smallest absolute Gasteiger partial charge is 0.410 e. The first-order valence-corrected chi connectivity index (χ1v) is 7.39. The summed E-state index contributed by atoms with van der Waals surface area (Å²) in [5, 5.41) is 12.6. The van der Waals surface area contributed by atoms with E-state index in [1.165, 1.54) is 0 Å². The lowest BCUT2D eigenvalue weighted by Gasteiger charge is -2.24. The Kier molecular flexibility index (Phi) is 4.99. The zero-order valence-corrected chi connectivity index (χ0v) is 13.2. The van der Waals surface area contributed by atoms with Gasteiger partial charge in [0.05, 0.1) is 12.0 Å². The van der Waals surface area contributed by atoms with Crippen molar-refractivity contribution < 1.29 is 9.53 Å². The molecule has 2 rings (SSSR count). The lowest BCUT2D eigenvalue weighted by Crippen LogP contribution is -2.38. The number of hydrogen-bond acceptors (Lipinski definition) is 5. The summed E-state index contributed by atoms with van der Waals surface area (Å²) in [6, 6.07) is 6.06. The molecule has 2 heterocycles. The first-order chi connectivity index (χ1) is 10.4. The van der Waals surface area contributed by atoms with E-state index in [-0.39, 0.29) is 18.1 Å². The second-order valence-electron chi connectivity index (χ2n) is 6.47. The molecule has 0 aromatic carbocycles. The minimum atomic E-state index is -0.527. The summed E-state index contributed by atoms with van der Waals surface area (Å²) in [5.41, 5.74) is 0.524. The Bertz CT molecular complexity index is 548. The summed E-state index contributed by atoms with van der Waals surface area (Å²) in [5.74, 6) is -0.232. The predicted molar refractivity (Wildman–Crippen MR) is 81.8 cm³/mol. The van der Waals surface area contributed by atoms with Crippen LogP contribution in [0.5, 0.6) is 0 Å². The van der Waals surface area contributed by atoms with Gasteiger partial charge in [0, 0.05) is 38.1 Å². The molecule has 22 heavy (non-hydrogen) atoms. The number of aromatic nitrogens is 1. The Hall–Kier alpha value is -2.13. The average molecular weight is 302 g/mol. The highest BCUT2D eigenvalue weighted by molar-refractivity contribution is 5.68. The van der Waals surface area contributed by atoms with E-state index >= 15 is 0 Å². The summed E-state index contributed by atoms with van der Waals surface area (Å²) >= 11 is 0. The van der Waals surface area contributed by atoms with Gasteiger partial charge < -0.3 is 15.0 Å². The Morgan fingerprint density at radius 3 is 2.91 bits per heavy atom. The molecule has 0 bridgehead atoms. The molecule has 1 aliphatic rings. The summed E-state index contributed by atoms with van der Waals surface area (Å²) in [4.78, 5) is 17.8. The molecule has 1 saturated heterocycles. The number of rotatable bonds is 3. The van der Waals surface area contributed by atoms with Crippen LogP contribution in [0.1, 0.15) is 26.3 Å². The van der Waals surface area contributed by atoms with Gasteiger partial charge in [-0.1, -0.05) is 6.07 Å². The summed E-state index contributed by atoms with van der Waals surface area (Å²) < 4.78 is 5.37. The highest BCUT2D eigenvalue weighted by Crippen LogP contribution is 2.20. The largest absolute Gasteiger partial charge is 0.444 e. The number of likely N-dealkylation sites (tertiary alicyclic amines) is 1. The van der Waals surface area contributed by atoms with E-state index in [1.807, 2.05) is 32.9 Å².